The Balaban J connectivity index is 1.62. The lowest BCUT2D eigenvalue weighted by Gasteiger charge is -2.48. The van der Waals surface area contributed by atoms with Crippen LogP contribution in [-0.4, -0.2) is 57.4 Å². The Kier molecular flexibility index (Phi) is 6.01. The summed E-state index contributed by atoms with van der Waals surface area (Å²) in [6.45, 7) is 3.08. The number of benzene rings is 1. The molecule has 2 fully saturated rings. The van der Waals surface area contributed by atoms with Crippen LogP contribution in [0, 0.1) is 12.7 Å². The molecule has 182 valence electrons. The molecule has 7 nitrogen and oxygen atoms in total. The van der Waals surface area contributed by atoms with Gasteiger partial charge >= 0.3 is 18.0 Å². The highest BCUT2D eigenvalue weighted by molar-refractivity contribution is 6.39. The zero-order valence-electron chi connectivity index (χ0n) is 18.7. The lowest BCUT2D eigenvalue weighted by molar-refractivity contribution is -0.210. The van der Waals surface area contributed by atoms with E-state index in [1.165, 1.54) is 40.3 Å². The Hall–Kier alpha value is -3.21. The highest BCUT2D eigenvalue weighted by atomic mass is 19.4. The van der Waals surface area contributed by atoms with Crippen LogP contribution >= 0.6 is 0 Å². The number of nitrogens with two attached hydrogens (primary N) is 1. The monoisotopic (exact) mass is 479 g/mol. The van der Waals surface area contributed by atoms with Crippen LogP contribution in [0.25, 0.3) is 0 Å². The molecule has 2 atom stereocenters. The van der Waals surface area contributed by atoms with Crippen molar-refractivity contribution in [2.24, 2.45) is 0 Å². The molecule has 0 radical (unpaired) electrons. The topological polar surface area (TPSA) is 91.6 Å². The van der Waals surface area contributed by atoms with Crippen molar-refractivity contribution < 1.29 is 27.2 Å². The fourth-order valence-corrected chi connectivity index (χ4v) is 4.59. The number of carbonyl (C=O) groups excluding carboxylic acids is 2. The molecule has 2 unspecified atom stereocenters. The third kappa shape index (κ3) is 4.31. The van der Waals surface area contributed by atoms with E-state index in [1.54, 1.807) is 19.9 Å². The Morgan fingerprint density at radius 1 is 1.18 bits per heavy atom. The standard InChI is InChI=1S/C23H25F4N5O2/c1-13-9-17(10-29-19(13)28)30-20(33)21(34)31-11-14(2)32(22(7-8-22)23(25,26)27)12-18(31)15-3-5-16(24)6-4-15/h3-6,9-10,14,18H,7-8,11-12H2,1-2H3,(H2,28,29)(H,30,33). The van der Waals surface area contributed by atoms with Crippen LogP contribution in [0.5, 0.6) is 0 Å². The summed E-state index contributed by atoms with van der Waals surface area (Å²) in [6, 6.07) is 5.27. The number of nitrogens with one attached hydrogen (secondary N) is 1. The summed E-state index contributed by atoms with van der Waals surface area (Å²) in [4.78, 5) is 32.5. The van der Waals surface area contributed by atoms with Gasteiger partial charge in [0.2, 0.25) is 0 Å². The summed E-state index contributed by atoms with van der Waals surface area (Å²) < 4.78 is 55.1. The Morgan fingerprint density at radius 3 is 2.38 bits per heavy atom. The molecule has 1 aromatic heterocycles. The maximum Gasteiger partial charge on any atom is 0.406 e. The van der Waals surface area contributed by atoms with Crippen LogP contribution in [0.4, 0.5) is 29.1 Å². The first-order chi connectivity index (χ1) is 15.9. The van der Waals surface area contributed by atoms with Crippen molar-refractivity contribution in [1.29, 1.82) is 0 Å². The second kappa shape index (κ2) is 8.53. The molecule has 2 aromatic rings. The smallest absolute Gasteiger partial charge is 0.383 e. The number of hydrogen-bond acceptors (Lipinski definition) is 5. The van der Waals surface area contributed by atoms with Gasteiger partial charge in [0.05, 0.1) is 17.9 Å². The molecule has 1 saturated heterocycles. The Morgan fingerprint density at radius 2 is 1.82 bits per heavy atom. The van der Waals surface area contributed by atoms with Gasteiger partial charge < -0.3 is 16.0 Å². The molecule has 1 aliphatic carbocycles. The van der Waals surface area contributed by atoms with Crippen molar-refractivity contribution in [3.8, 4) is 0 Å². The molecule has 2 aliphatic rings. The number of nitrogen functional groups attached to an aromatic ring is 1. The van der Waals surface area contributed by atoms with Crippen LogP contribution in [0.2, 0.25) is 0 Å². The maximum atomic E-state index is 13.9. The number of aryl methyl sites for hydroxylation is 1. The molecule has 4 rings (SSSR count). The summed E-state index contributed by atoms with van der Waals surface area (Å²) in [7, 11) is 0. The molecular weight excluding hydrogens is 454 g/mol. The van der Waals surface area contributed by atoms with Gasteiger partial charge in [-0.2, -0.15) is 13.2 Å². The number of rotatable bonds is 3. The number of anilines is 2. The van der Waals surface area contributed by atoms with Gasteiger partial charge in [-0.05, 0) is 56.0 Å². The van der Waals surface area contributed by atoms with Gasteiger partial charge in [-0.15, -0.1) is 0 Å². The van der Waals surface area contributed by atoms with Crippen LogP contribution in [-0.2, 0) is 9.59 Å². The largest absolute Gasteiger partial charge is 0.406 e. The van der Waals surface area contributed by atoms with E-state index in [2.05, 4.69) is 10.3 Å². The summed E-state index contributed by atoms with van der Waals surface area (Å²) in [5.74, 6) is -2.08. The summed E-state index contributed by atoms with van der Waals surface area (Å²) in [6.07, 6.45) is -3.15. The van der Waals surface area contributed by atoms with Crippen LogP contribution < -0.4 is 11.1 Å². The Labute approximate surface area is 193 Å². The number of amides is 2. The second-order valence-electron chi connectivity index (χ2n) is 8.94. The van der Waals surface area contributed by atoms with Gasteiger partial charge in [0, 0.05) is 19.1 Å². The number of aromatic nitrogens is 1. The van der Waals surface area contributed by atoms with Gasteiger partial charge in [-0.3, -0.25) is 14.5 Å². The number of halogens is 4. The molecule has 34 heavy (non-hydrogen) atoms. The minimum Gasteiger partial charge on any atom is -0.383 e. The lowest BCUT2D eigenvalue weighted by Crippen LogP contribution is -2.63. The number of pyridine rings is 1. The number of piperazine rings is 1. The first-order valence-corrected chi connectivity index (χ1v) is 10.9. The second-order valence-corrected chi connectivity index (χ2v) is 8.94. The van der Waals surface area contributed by atoms with Crippen molar-refractivity contribution in [2.45, 2.75) is 50.5 Å². The van der Waals surface area contributed by atoms with Gasteiger partial charge in [0.1, 0.15) is 17.2 Å². The van der Waals surface area contributed by atoms with Crippen molar-refractivity contribution in [3.63, 3.8) is 0 Å². The quantitative estimate of drug-likeness (QED) is 0.520. The first-order valence-electron chi connectivity index (χ1n) is 10.9. The van der Waals surface area contributed by atoms with Crippen molar-refractivity contribution >= 4 is 23.3 Å². The number of carbonyl (C=O) groups is 2. The average Bonchev–Trinajstić information content (AvgIpc) is 3.58. The van der Waals surface area contributed by atoms with Gasteiger partial charge in [0.15, 0.2) is 0 Å². The van der Waals surface area contributed by atoms with E-state index < -0.39 is 41.4 Å². The molecule has 1 saturated carbocycles. The highest BCUT2D eigenvalue weighted by Crippen LogP contribution is 2.55. The van der Waals surface area contributed by atoms with Crippen molar-refractivity contribution in [3.05, 3.63) is 53.5 Å². The number of nitrogens with zero attached hydrogens (tertiary/aromatic N) is 3. The molecule has 11 heteroatoms. The van der Waals surface area contributed by atoms with E-state index in [0.29, 0.717) is 11.1 Å². The molecule has 1 aromatic carbocycles. The zero-order chi connectivity index (χ0) is 24.8. The van der Waals surface area contributed by atoms with Gasteiger partial charge in [0.25, 0.3) is 0 Å². The predicted octanol–water partition coefficient (Wildman–Crippen LogP) is 3.42. The van der Waals surface area contributed by atoms with E-state index >= 15 is 0 Å². The minimum atomic E-state index is -4.42. The lowest BCUT2D eigenvalue weighted by atomic mass is 9.96. The molecule has 1 aliphatic heterocycles. The zero-order valence-corrected chi connectivity index (χ0v) is 18.7. The third-order valence-electron chi connectivity index (χ3n) is 6.63. The van der Waals surface area contributed by atoms with Crippen LogP contribution in [0.1, 0.15) is 36.9 Å². The fourth-order valence-electron chi connectivity index (χ4n) is 4.59. The summed E-state index contributed by atoms with van der Waals surface area (Å²) in [5.41, 5.74) is 5.07. The average molecular weight is 479 g/mol. The SMILES string of the molecule is Cc1cc(NC(=O)C(=O)N2CC(C)N(C3(C(F)(F)F)CC3)CC2c2ccc(F)cc2)cnc1N. The van der Waals surface area contributed by atoms with Crippen LogP contribution in [0.3, 0.4) is 0 Å². The number of hydrogen-bond donors (Lipinski definition) is 2. The summed E-state index contributed by atoms with van der Waals surface area (Å²) >= 11 is 0. The third-order valence-corrected chi connectivity index (χ3v) is 6.63. The van der Waals surface area contributed by atoms with E-state index in [9.17, 15) is 27.2 Å². The van der Waals surface area contributed by atoms with E-state index in [1.807, 2.05) is 0 Å². The normalized spacial score (nSPS) is 22.4. The van der Waals surface area contributed by atoms with E-state index in [0.717, 1.165) is 0 Å². The number of alkyl halides is 3. The van der Waals surface area contributed by atoms with Gasteiger partial charge in [-0.25, -0.2) is 9.37 Å². The van der Waals surface area contributed by atoms with Crippen LogP contribution in [0.15, 0.2) is 36.5 Å². The molecular formula is C23H25F4N5O2. The first kappa shape index (κ1) is 23.9. The molecule has 2 heterocycles. The predicted molar refractivity (Wildman–Crippen MR) is 117 cm³/mol. The minimum absolute atomic E-state index is 0.0189. The van der Waals surface area contributed by atoms with Crippen molar-refractivity contribution in [1.82, 2.24) is 14.8 Å². The molecule has 2 amide bonds. The molecule has 0 spiro atoms. The van der Waals surface area contributed by atoms with Gasteiger partial charge in [-0.1, -0.05) is 12.1 Å². The maximum absolute atomic E-state index is 13.9. The Bertz CT molecular complexity index is 1100. The van der Waals surface area contributed by atoms with E-state index in [4.69, 9.17) is 5.73 Å². The van der Waals surface area contributed by atoms with E-state index in [-0.39, 0.29) is 37.4 Å². The fraction of sp³-hybridized carbons (Fsp3) is 0.435. The molecule has 3 N–H and O–H groups in total. The van der Waals surface area contributed by atoms with Crippen molar-refractivity contribution in [2.75, 3.05) is 24.1 Å². The highest BCUT2D eigenvalue weighted by Gasteiger charge is 2.68. The summed E-state index contributed by atoms with van der Waals surface area (Å²) in [5, 5.41) is 2.48. The molecule has 0 bridgehead atoms.